The first-order valence-electron chi connectivity index (χ1n) is 18.6. The van der Waals surface area contributed by atoms with Crippen molar-refractivity contribution in [3.8, 4) is 0 Å². The summed E-state index contributed by atoms with van der Waals surface area (Å²) in [5, 5.41) is 19.5. The van der Waals surface area contributed by atoms with E-state index < -0.39 is 6.10 Å². The van der Waals surface area contributed by atoms with Crippen LogP contribution in [-0.4, -0.2) is 47.6 Å². The molecule has 0 fully saturated rings. The molecule has 0 aromatic heterocycles. The highest BCUT2D eigenvalue weighted by Gasteiger charge is 2.12. The van der Waals surface area contributed by atoms with Crippen LogP contribution in [-0.2, 0) is 19.1 Å². The molecule has 46 heavy (non-hydrogen) atoms. The number of allylic oxidation sites excluding steroid dienone is 8. The van der Waals surface area contributed by atoms with Crippen LogP contribution in [0.5, 0.6) is 0 Å². The van der Waals surface area contributed by atoms with Gasteiger partial charge in [0.15, 0.2) is 0 Å². The molecule has 0 aromatic rings. The van der Waals surface area contributed by atoms with Crippen molar-refractivity contribution < 1.29 is 29.3 Å². The van der Waals surface area contributed by atoms with Gasteiger partial charge in [0.1, 0.15) is 19.3 Å². The molecule has 266 valence electrons. The molecule has 0 amide bonds. The largest absolute Gasteiger partial charge is 0.463 e. The van der Waals surface area contributed by atoms with Crippen LogP contribution in [0.2, 0.25) is 0 Å². The number of rotatable bonds is 32. The first kappa shape index (κ1) is 43.8. The zero-order valence-electron chi connectivity index (χ0n) is 29.8. The van der Waals surface area contributed by atoms with Gasteiger partial charge in [-0.1, -0.05) is 140 Å². The first-order chi connectivity index (χ1) is 22.3. The Morgan fingerprint density at radius 2 is 0.935 bits per heavy atom. The van der Waals surface area contributed by atoms with Gasteiger partial charge >= 0.3 is 11.9 Å². The van der Waals surface area contributed by atoms with Gasteiger partial charge in [-0.15, -0.1) is 0 Å². The van der Waals surface area contributed by atoms with Gasteiger partial charge in [-0.2, -0.15) is 0 Å². The van der Waals surface area contributed by atoms with Crippen LogP contribution in [0, 0.1) is 5.92 Å². The Balaban J connectivity index is 3.57. The standard InChI is InChI=1S/C40H70O6/c1-4-37(41)31-27-23-19-15-11-7-5-6-8-12-16-20-24-28-32-39(43)45-34-38(42)35-46-40(44)33-29-25-21-17-13-9-10-14-18-22-26-30-36(2)3/h6-8,11,16,19-20,23,36-38,41-42H,4-5,9-10,12-15,17-18,21-22,24-35H2,1-3H3/b8-6-,11-7-,20-16-,23-19-/t37-,38-/m0/s1. The molecule has 0 aliphatic heterocycles. The SMILES string of the molecule is CC[C@H](O)CC/C=C\C/C=C\C/C=C\C/C=C\CCCC(=O)OC[C@H](O)COC(=O)CCCCCCCCCCCCCC(C)C. The lowest BCUT2D eigenvalue weighted by Gasteiger charge is -2.12. The van der Waals surface area contributed by atoms with E-state index in [-0.39, 0.29) is 31.3 Å². The summed E-state index contributed by atoms with van der Waals surface area (Å²) in [6.45, 7) is 6.30. The number of aliphatic hydroxyl groups is 2. The normalized spacial score (nSPS) is 13.5. The van der Waals surface area contributed by atoms with Crippen LogP contribution >= 0.6 is 0 Å². The van der Waals surface area contributed by atoms with E-state index in [2.05, 4.69) is 62.5 Å². The lowest BCUT2D eigenvalue weighted by Crippen LogP contribution is -2.25. The summed E-state index contributed by atoms with van der Waals surface area (Å²) in [6.07, 6.45) is 38.2. The van der Waals surface area contributed by atoms with Gasteiger partial charge in [-0.3, -0.25) is 9.59 Å². The molecule has 0 unspecified atom stereocenters. The quantitative estimate of drug-likeness (QED) is 0.0429. The van der Waals surface area contributed by atoms with Crippen molar-refractivity contribution in [3.05, 3.63) is 48.6 Å². The number of unbranched alkanes of at least 4 members (excludes halogenated alkanes) is 11. The zero-order valence-corrected chi connectivity index (χ0v) is 29.8. The van der Waals surface area contributed by atoms with Crippen LogP contribution in [0.1, 0.15) is 162 Å². The lowest BCUT2D eigenvalue weighted by molar-refractivity contribution is -0.152. The maximum absolute atomic E-state index is 11.9. The second-order valence-corrected chi connectivity index (χ2v) is 13.0. The van der Waals surface area contributed by atoms with Crippen LogP contribution in [0.3, 0.4) is 0 Å². The highest BCUT2D eigenvalue weighted by atomic mass is 16.6. The molecule has 0 saturated carbocycles. The Kier molecular flexibility index (Phi) is 32.5. The summed E-state index contributed by atoms with van der Waals surface area (Å²) in [4.78, 5) is 23.9. The van der Waals surface area contributed by atoms with E-state index in [9.17, 15) is 19.8 Å². The van der Waals surface area contributed by atoms with E-state index in [1.165, 1.54) is 57.8 Å². The van der Waals surface area contributed by atoms with E-state index in [0.29, 0.717) is 19.3 Å². The van der Waals surface area contributed by atoms with E-state index >= 15 is 0 Å². The summed E-state index contributed by atoms with van der Waals surface area (Å²) in [6, 6.07) is 0. The number of hydrogen-bond acceptors (Lipinski definition) is 6. The molecule has 0 aliphatic rings. The molecule has 2 atom stereocenters. The molecule has 0 radical (unpaired) electrons. The second-order valence-electron chi connectivity index (χ2n) is 13.0. The molecule has 0 aromatic carbocycles. The minimum Gasteiger partial charge on any atom is -0.463 e. The number of esters is 2. The van der Waals surface area contributed by atoms with Gasteiger partial charge in [0.2, 0.25) is 0 Å². The van der Waals surface area contributed by atoms with Gasteiger partial charge < -0.3 is 19.7 Å². The van der Waals surface area contributed by atoms with E-state index in [1.807, 2.05) is 6.92 Å². The van der Waals surface area contributed by atoms with Crippen LogP contribution in [0.4, 0.5) is 0 Å². The van der Waals surface area contributed by atoms with E-state index in [0.717, 1.165) is 70.1 Å². The second kappa shape index (κ2) is 34.2. The van der Waals surface area contributed by atoms with Gasteiger partial charge in [0.05, 0.1) is 6.10 Å². The number of carbonyl (C=O) groups excluding carboxylic acids is 2. The Bertz CT molecular complexity index is 813. The van der Waals surface area contributed by atoms with Crippen molar-refractivity contribution in [1.82, 2.24) is 0 Å². The van der Waals surface area contributed by atoms with Crippen molar-refractivity contribution >= 4 is 11.9 Å². The third-order valence-corrected chi connectivity index (χ3v) is 7.91. The summed E-state index contributed by atoms with van der Waals surface area (Å²) < 4.78 is 10.3. The van der Waals surface area contributed by atoms with Gasteiger partial charge in [-0.25, -0.2) is 0 Å². The maximum Gasteiger partial charge on any atom is 0.305 e. The highest BCUT2D eigenvalue weighted by molar-refractivity contribution is 5.69. The van der Waals surface area contributed by atoms with Crippen LogP contribution < -0.4 is 0 Å². The fourth-order valence-corrected chi connectivity index (χ4v) is 4.89. The topological polar surface area (TPSA) is 93.1 Å². The molecule has 0 bridgehead atoms. The predicted octanol–water partition coefficient (Wildman–Crippen LogP) is 10.3. The molecule has 0 saturated heterocycles. The predicted molar refractivity (Wildman–Crippen MR) is 193 cm³/mol. The Hall–Kier alpha value is -2.18. The van der Waals surface area contributed by atoms with Crippen molar-refractivity contribution in [1.29, 1.82) is 0 Å². The molecule has 6 heteroatoms. The molecule has 6 nitrogen and oxygen atoms in total. The Morgan fingerprint density at radius 3 is 1.41 bits per heavy atom. The monoisotopic (exact) mass is 647 g/mol. The molecular weight excluding hydrogens is 576 g/mol. The average molecular weight is 647 g/mol. The molecule has 2 N–H and O–H groups in total. The average Bonchev–Trinajstić information content (AvgIpc) is 3.04. The molecule has 0 spiro atoms. The minimum atomic E-state index is -0.994. The zero-order chi connectivity index (χ0) is 33.9. The third kappa shape index (κ3) is 34.7. The minimum absolute atomic E-state index is 0.141. The summed E-state index contributed by atoms with van der Waals surface area (Å²) in [5.41, 5.74) is 0. The van der Waals surface area contributed by atoms with Gasteiger partial charge in [0, 0.05) is 12.8 Å². The molecule has 0 rings (SSSR count). The van der Waals surface area contributed by atoms with Crippen molar-refractivity contribution in [2.75, 3.05) is 13.2 Å². The number of aliphatic hydroxyl groups excluding tert-OH is 2. The molecular formula is C40H70O6. The van der Waals surface area contributed by atoms with Crippen molar-refractivity contribution in [2.45, 2.75) is 174 Å². The molecule has 0 aliphatic carbocycles. The summed E-state index contributed by atoms with van der Waals surface area (Å²) >= 11 is 0. The van der Waals surface area contributed by atoms with Crippen molar-refractivity contribution in [3.63, 3.8) is 0 Å². The van der Waals surface area contributed by atoms with Gasteiger partial charge in [0.25, 0.3) is 0 Å². The summed E-state index contributed by atoms with van der Waals surface area (Å²) in [5.74, 6) is 0.181. The highest BCUT2D eigenvalue weighted by Crippen LogP contribution is 2.14. The van der Waals surface area contributed by atoms with Crippen molar-refractivity contribution in [2.24, 2.45) is 5.92 Å². The maximum atomic E-state index is 11.9. The number of ether oxygens (including phenoxy) is 2. The Morgan fingerprint density at radius 1 is 0.522 bits per heavy atom. The van der Waals surface area contributed by atoms with E-state index in [4.69, 9.17) is 9.47 Å². The fourth-order valence-electron chi connectivity index (χ4n) is 4.89. The Labute approximate surface area is 282 Å². The van der Waals surface area contributed by atoms with Crippen LogP contribution in [0.25, 0.3) is 0 Å². The third-order valence-electron chi connectivity index (χ3n) is 7.91. The first-order valence-corrected chi connectivity index (χ1v) is 18.6. The molecule has 0 heterocycles. The lowest BCUT2D eigenvalue weighted by atomic mass is 10.0. The number of hydrogen-bond donors (Lipinski definition) is 2. The fraction of sp³-hybridized carbons (Fsp3) is 0.750. The number of carbonyl (C=O) groups is 2. The van der Waals surface area contributed by atoms with Crippen LogP contribution in [0.15, 0.2) is 48.6 Å². The van der Waals surface area contributed by atoms with E-state index in [1.54, 1.807) is 0 Å². The van der Waals surface area contributed by atoms with Gasteiger partial charge in [-0.05, 0) is 63.7 Å². The summed E-state index contributed by atoms with van der Waals surface area (Å²) in [7, 11) is 0. The smallest absolute Gasteiger partial charge is 0.305 e.